The summed E-state index contributed by atoms with van der Waals surface area (Å²) in [6.45, 7) is 2.54. The minimum atomic E-state index is -1.88. The van der Waals surface area contributed by atoms with Gasteiger partial charge in [-0.3, -0.25) is 9.59 Å². The summed E-state index contributed by atoms with van der Waals surface area (Å²) in [5.74, 6) is -0.943. The summed E-state index contributed by atoms with van der Waals surface area (Å²) < 4.78 is 6.73. The second-order valence-corrected chi connectivity index (χ2v) is 9.36. The van der Waals surface area contributed by atoms with E-state index in [2.05, 4.69) is 15.8 Å². The lowest BCUT2D eigenvalue weighted by molar-refractivity contribution is -0.172. The molecule has 3 N–H and O–H groups in total. The number of benzene rings is 1. The molecular formula is C26H25N5O5. The fourth-order valence-electron chi connectivity index (χ4n) is 5.35. The van der Waals surface area contributed by atoms with Crippen molar-refractivity contribution < 1.29 is 19.4 Å². The van der Waals surface area contributed by atoms with E-state index in [0.717, 1.165) is 35.9 Å². The first kappa shape index (κ1) is 22.6. The highest BCUT2D eigenvalue weighted by Crippen LogP contribution is 2.39. The second-order valence-electron chi connectivity index (χ2n) is 9.36. The summed E-state index contributed by atoms with van der Waals surface area (Å²) in [5, 5.41) is 19.3. The Bertz CT molecular complexity index is 1520. The quantitative estimate of drug-likeness (QED) is 0.224. The number of hydrogen-bond acceptors (Lipinski definition) is 8. The minimum Gasteiger partial charge on any atom is -0.458 e. The van der Waals surface area contributed by atoms with E-state index in [9.17, 15) is 19.5 Å². The summed E-state index contributed by atoms with van der Waals surface area (Å²) in [6, 6.07) is 8.99. The number of nitrogens with zero attached hydrogens (tertiary/aromatic N) is 3. The Morgan fingerprint density at radius 2 is 2.19 bits per heavy atom. The summed E-state index contributed by atoms with van der Waals surface area (Å²) in [7, 11) is 0. The number of carbonyl (C=O) groups excluding carboxylic acids is 2. The number of hydrazone groups is 1. The van der Waals surface area contributed by atoms with Crippen molar-refractivity contribution in [3.8, 4) is 11.4 Å². The molecule has 2 aromatic heterocycles. The van der Waals surface area contributed by atoms with E-state index in [1.165, 1.54) is 0 Å². The van der Waals surface area contributed by atoms with Crippen LogP contribution in [0, 0.1) is 0 Å². The van der Waals surface area contributed by atoms with Crippen LogP contribution in [0.15, 0.2) is 40.2 Å². The van der Waals surface area contributed by atoms with Gasteiger partial charge in [0, 0.05) is 22.1 Å². The van der Waals surface area contributed by atoms with Crippen molar-refractivity contribution in [2.75, 3.05) is 6.54 Å². The molecular weight excluding hydrogens is 462 g/mol. The molecule has 3 aliphatic heterocycles. The Hall–Kier alpha value is -3.89. The number of para-hydroxylation sites is 1. The van der Waals surface area contributed by atoms with Gasteiger partial charge in [0.15, 0.2) is 5.60 Å². The lowest BCUT2D eigenvalue weighted by atomic mass is 9.86. The Morgan fingerprint density at radius 3 is 2.97 bits per heavy atom. The zero-order valence-corrected chi connectivity index (χ0v) is 19.7. The third-order valence-corrected chi connectivity index (χ3v) is 7.38. The second kappa shape index (κ2) is 8.35. The van der Waals surface area contributed by atoms with Crippen molar-refractivity contribution in [2.45, 2.75) is 51.0 Å². The number of cyclic esters (lactones) is 1. The predicted molar refractivity (Wildman–Crippen MR) is 131 cm³/mol. The number of aromatic nitrogens is 2. The Morgan fingerprint density at radius 1 is 1.36 bits per heavy atom. The largest absolute Gasteiger partial charge is 0.458 e. The van der Waals surface area contributed by atoms with Gasteiger partial charge in [-0.15, -0.1) is 0 Å². The first-order valence-corrected chi connectivity index (χ1v) is 12.1. The van der Waals surface area contributed by atoms with Crippen LogP contribution in [0.2, 0.25) is 0 Å². The number of hydrogen-bond donors (Lipinski definition) is 3. The summed E-state index contributed by atoms with van der Waals surface area (Å²) in [5.41, 5.74) is 4.27. The van der Waals surface area contributed by atoms with E-state index in [4.69, 9.17) is 9.72 Å². The van der Waals surface area contributed by atoms with Crippen LogP contribution >= 0.6 is 0 Å². The number of nitrogens with one attached hydrogen (secondary N) is 2. The molecule has 0 bridgehead atoms. The van der Waals surface area contributed by atoms with E-state index >= 15 is 0 Å². The number of aliphatic hydroxyl groups is 1. The lowest BCUT2D eigenvalue weighted by Crippen LogP contribution is -2.44. The molecule has 6 rings (SSSR count). The van der Waals surface area contributed by atoms with Gasteiger partial charge in [0.05, 0.1) is 41.3 Å². The Balaban J connectivity index is 1.48. The van der Waals surface area contributed by atoms with Gasteiger partial charge in [-0.2, -0.15) is 5.10 Å². The number of rotatable bonds is 4. The van der Waals surface area contributed by atoms with Crippen LogP contribution in [-0.2, 0) is 33.1 Å². The van der Waals surface area contributed by atoms with Crippen molar-refractivity contribution in [3.63, 3.8) is 0 Å². The molecule has 0 aliphatic carbocycles. The van der Waals surface area contributed by atoms with Crippen molar-refractivity contribution in [3.05, 3.63) is 62.9 Å². The molecule has 0 saturated carbocycles. The molecule has 0 radical (unpaired) electrons. The van der Waals surface area contributed by atoms with Gasteiger partial charge in [0.25, 0.3) is 11.5 Å². The predicted octanol–water partition coefficient (Wildman–Crippen LogP) is 1.28. The fraction of sp³-hybridized carbons (Fsp3) is 0.346. The van der Waals surface area contributed by atoms with Gasteiger partial charge in [0.1, 0.15) is 6.61 Å². The smallest absolute Gasteiger partial charge is 0.343 e. The van der Waals surface area contributed by atoms with Gasteiger partial charge in [0.2, 0.25) is 0 Å². The molecule has 5 heterocycles. The van der Waals surface area contributed by atoms with E-state index in [-0.39, 0.29) is 48.2 Å². The molecule has 10 heteroatoms. The number of esters is 1. The number of fused-ring (bicyclic) bond motifs is 5. The van der Waals surface area contributed by atoms with Crippen LogP contribution in [0.1, 0.15) is 48.4 Å². The number of ether oxygens (including phenoxy) is 1. The first-order chi connectivity index (χ1) is 17.4. The van der Waals surface area contributed by atoms with Gasteiger partial charge in [-0.05, 0) is 37.9 Å². The third-order valence-electron chi connectivity index (χ3n) is 7.38. The van der Waals surface area contributed by atoms with Crippen LogP contribution < -0.4 is 16.3 Å². The maximum Gasteiger partial charge on any atom is 0.343 e. The SMILES string of the molecule is CC[C@@]1(O)C(=O)OCc2c1cc1n(c2=O)Cc2c-1nc1ccccc1c2/C=N/NC(=O)C1CCCN1. The number of pyridine rings is 2. The maximum atomic E-state index is 13.5. The Kier molecular flexibility index (Phi) is 5.24. The van der Waals surface area contributed by atoms with Crippen molar-refractivity contribution in [1.82, 2.24) is 20.3 Å². The molecule has 1 unspecified atom stereocenters. The van der Waals surface area contributed by atoms with Gasteiger partial charge >= 0.3 is 5.97 Å². The highest BCUT2D eigenvalue weighted by atomic mass is 16.6. The monoisotopic (exact) mass is 487 g/mol. The highest BCUT2D eigenvalue weighted by molar-refractivity contribution is 6.02. The molecule has 10 nitrogen and oxygen atoms in total. The van der Waals surface area contributed by atoms with E-state index in [0.29, 0.717) is 16.9 Å². The van der Waals surface area contributed by atoms with Gasteiger partial charge in [-0.25, -0.2) is 15.2 Å². The van der Waals surface area contributed by atoms with Crippen molar-refractivity contribution >= 4 is 29.0 Å². The summed E-state index contributed by atoms with van der Waals surface area (Å²) in [6.07, 6.45) is 3.40. The highest BCUT2D eigenvalue weighted by Gasteiger charge is 2.45. The summed E-state index contributed by atoms with van der Waals surface area (Å²) in [4.78, 5) is 43.1. The lowest BCUT2D eigenvalue weighted by Gasteiger charge is -2.31. The average Bonchev–Trinajstić information content (AvgIpc) is 3.55. The number of carbonyl (C=O) groups is 2. The van der Waals surface area contributed by atoms with Crippen LogP contribution in [-0.4, -0.2) is 45.3 Å². The first-order valence-electron chi connectivity index (χ1n) is 12.1. The fourth-order valence-corrected chi connectivity index (χ4v) is 5.35. The van der Waals surface area contributed by atoms with Crippen LogP contribution in [0.5, 0.6) is 0 Å². The number of amides is 1. The van der Waals surface area contributed by atoms with Gasteiger partial charge < -0.3 is 19.7 Å². The molecule has 1 amide bonds. The van der Waals surface area contributed by atoms with E-state index in [1.54, 1.807) is 23.8 Å². The van der Waals surface area contributed by atoms with E-state index < -0.39 is 11.6 Å². The molecule has 0 spiro atoms. The molecule has 1 fully saturated rings. The topological polar surface area (TPSA) is 135 Å². The Labute approximate surface area is 206 Å². The third kappa shape index (κ3) is 3.29. The molecule has 36 heavy (non-hydrogen) atoms. The molecule has 1 aromatic carbocycles. The minimum absolute atomic E-state index is 0.0766. The summed E-state index contributed by atoms with van der Waals surface area (Å²) >= 11 is 0. The van der Waals surface area contributed by atoms with Crippen molar-refractivity contribution in [2.24, 2.45) is 5.10 Å². The maximum absolute atomic E-state index is 13.5. The standard InChI is InChI=1S/C26H25N5O5/c1-2-26(35)18-10-21-22-16(12-31(21)24(33)17(18)13-36-25(26)34)15(14-6-3-4-7-19(14)29-22)11-28-30-23(32)20-8-5-9-27-20/h3-4,6-7,10-11,20,27,35H,2,5,8-9,12-13H2,1H3,(H,30,32)/b28-11+/t20?,26-/m0/s1. The molecule has 3 aliphatic rings. The zero-order valence-electron chi connectivity index (χ0n) is 19.7. The average molecular weight is 488 g/mol. The van der Waals surface area contributed by atoms with Crippen LogP contribution in [0.25, 0.3) is 22.3 Å². The zero-order chi connectivity index (χ0) is 25.0. The molecule has 1 saturated heterocycles. The van der Waals surface area contributed by atoms with Crippen LogP contribution in [0.4, 0.5) is 0 Å². The molecule has 3 aromatic rings. The molecule has 184 valence electrons. The van der Waals surface area contributed by atoms with Gasteiger partial charge in [-0.1, -0.05) is 25.1 Å². The van der Waals surface area contributed by atoms with E-state index in [1.807, 2.05) is 24.3 Å². The normalized spacial score (nSPS) is 22.4. The van der Waals surface area contributed by atoms with Crippen molar-refractivity contribution in [1.29, 1.82) is 0 Å². The molecule has 2 atom stereocenters. The van der Waals surface area contributed by atoms with Crippen LogP contribution in [0.3, 0.4) is 0 Å².